The summed E-state index contributed by atoms with van der Waals surface area (Å²) in [5.74, 6) is -0.149. The Morgan fingerprint density at radius 3 is 2.68 bits per heavy atom. The SMILES string of the molecule is N/C(=N/O)c1ccc(CN2CC(c3ccc(OC(F)F)c4oc5ccccc5c34)CC2=O)cc1. The number of nitrogens with zero attached hydrogens (tertiary/aromatic N) is 2. The number of amides is 1. The maximum atomic E-state index is 13.0. The van der Waals surface area contributed by atoms with E-state index in [1.54, 1.807) is 29.2 Å². The van der Waals surface area contributed by atoms with Crippen LogP contribution < -0.4 is 10.5 Å². The van der Waals surface area contributed by atoms with Crippen LogP contribution in [0.25, 0.3) is 21.9 Å². The lowest BCUT2D eigenvalue weighted by atomic mass is 9.93. The minimum Gasteiger partial charge on any atom is -0.452 e. The Morgan fingerprint density at radius 1 is 1.18 bits per heavy atom. The van der Waals surface area contributed by atoms with Crippen molar-refractivity contribution in [2.75, 3.05) is 6.54 Å². The molecule has 0 bridgehead atoms. The fourth-order valence-electron chi connectivity index (χ4n) is 4.55. The molecule has 0 radical (unpaired) electrons. The number of carbonyl (C=O) groups excluding carboxylic acids is 1. The first kappa shape index (κ1) is 21.7. The Kier molecular flexibility index (Phi) is 5.53. The van der Waals surface area contributed by atoms with Crippen molar-refractivity contribution in [2.45, 2.75) is 25.5 Å². The van der Waals surface area contributed by atoms with Gasteiger partial charge in [0.2, 0.25) is 5.91 Å². The standard InChI is InChI=1S/C25H21F2N3O4/c26-25(27)34-20-10-9-17(22-18-3-1-2-4-19(18)33-23(20)22)16-11-21(31)30(13-16)12-14-5-7-15(8-6-14)24(28)29-32/h1-10,16,25,32H,11-13H2,(H2,28,29). The molecule has 0 saturated carbocycles. The molecule has 0 spiro atoms. The molecular formula is C25H21F2N3O4. The molecule has 1 aliphatic heterocycles. The van der Waals surface area contributed by atoms with Gasteiger partial charge in [-0.25, -0.2) is 0 Å². The van der Waals surface area contributed by atoms with Gasteiger partial charge in [0, 0.05) is 41.8 Å². The zero-order valence-electron chi connectivity index (χ0n) is 17.9. The molecule has 34 heavy (non-hydrogen) atoms. The number of nitrogens with two attached hydrogens (primary N) is 1. The van der Waals surface area contributed by atoms with Gasteiger partial charge in [-0.2, -0.15) is 8.78 Å². The first-order chi connectivity index (χ1) is 16.4. The number of para-hydroxylation sites is 1. The molecule has 1 amide bonds. The van der Waals surface area contributed by atoms with E-state index in [0.29, 0.717) is 36.0 Å². The molecule has 1 atom stereocenters. The van der Waals surface area contributed by atoms with Gasteiger partial charge in [-0.3, -0.25) is 4.79 Å². The number of amidine groups is 1. The van der Waals surface area contributed by atoms with Gasteiger partial charge in [0.1, 0.15) is 5.58 Å². The second-order valence-corrected chi connectivity index (χ2v) is 8.19. The largest absolute Gasteiger partial charge is 0.452 e. The lowest BCUT2D eigenvalue weighted by Crippen LogP contribution is -2.24. The Morgan fingerprint density at radius 2 is 1.94 bits per heavy atom. The van der Waals surface area contributed by atoms with Crippen LogP contribution >= 0.6 is 0 Å². The Bertz CT molecular complexity index is 1400. The monoisotopic (exact) mass is 465 g/mol. The van der Waals surface area contributed by atoms with E-state index in [-0.39, 0.29) is 29.0 Å². The van der Waals surface area contributed by atoms with Crippen LogP contribution in [-0.2, 0) is 11.3 Å². The third-order valence-corrected chi connectivity index (χ3v) is 6.12. The molecule has 1 aliphatic rings. The topological polar surface area (TPSA) is 101 Å². The van der Waals surface area contributed by atoms with Crippen molar-refractivity contribution in [3.05, 3.63) is 77.4 Å². The average molecular weight is 465 g/mol. The summed E-state index contributed by atoms with van der Waals surface area (Å²) >= 11 is 0. The number of benzene rings is 3. The molecule has 4 aromatic rings. The van der Waals surface area contributed by atoms with Gasteiger partial charge in [0.15, 0.2) is 17.2 Å². The molecule has 5 rings (SSSR count). The number of oxime groups is 1. The predicted molar refractivity (Wildman–Crippen MR) is 122 cm³/mol. The van der Waals surface area contributed by atoms with Crippen molar-refractivity contribution in [1.29, 1.82) is 0 Å². The molecule has 9 heteroatoms. The van der Waals surface area contributed by atoms with Crippen LogP contribution in [0.4, 0.5) is 8.78 Å². The van der Waals surface area contributed by atoms with Gasteiger partial charge < -0.3 is 25.0 Å². The number of halogens is 2. The quantitative estimate of drug-likeness (QED) is 0.184. The summed E-state index contributed by atoms with van der Waals surface area (Å²) in [4.78, 5) is 14.6. The van der Waals surface area contributed by atoms with E-state index < -0.39 is 6.61 Å². The zero-order valence-corrected chi connectivity index (χ0v) is 17.9. The number of rotatable bonds is 6. The van der Waals surface area contributed by atoms with Crippen molar-refractivity contribution < 1.29 is 27.9 Å². The summed E-state index contributed by atoms with van der Waals surface area (Å²) in [6, 6.07) is 17.6. The van der Waals surface area contributed by atoms with Crippen LogP contribution in [0, 0.1) is 0 Å². The van der Waals surface area contributed by atoms with Gasteiger partial charge in [-0.05, 0) is 23.3 Å². The molecule has 1 aromatic heterocycles. The van der Waals surface area contributed by atoms with Gasteiger partial charge in [-0.1, -0.05) is 53.7 Å². The number of furan rings is 1. The fourth-order valence-corrected chi connectivity index (χ4v) is 4.55. The van der Waals surface area contributed by atoms with Crippen molar-refractivity contribution in [2.24, 2.45) is 10.9 Å². The van der Waals surface area contributed by atoms with E-state index in [9.17, 15) is 13.6 Å². The molecule has 3 N–H and O–H groups in total. The van der Waals surface area contributed by atoms with Gasteiger partial charge in [-0.15, -0.1) is 0 Å². The molecule has 1 fully saturated rings. The normalized spacial score (nSPS) is 16.8. The molecule has 3 aromatic carbocycles. The number of alkyl halides is 2. The Labute approximate surface area is 193 Å². The summed E-state index contributed by atoms with van der Waals surface area (Å²) in [7, 11) is 0. The number of ether oxygens (including phenoxy) is 1. The van der Waals surface area contributed by atoms with Crippen molar-refractivity contribution >= 4 is 33.7 Å². The Balaban J connectivity index is 1.46. The average Bonchev–Trinajstić information content (AvgIpc) is 3.40. The van der Waals surface area contributed by atoms with Crippen LogP contribution in [0.2, 0.25) is 0 Å². The van der Waals surface area contributed by atoms with Crippen molar-refractivity contribution in [3.63, 3.8) is 0 Å². The molecule has 1 saturated heterocycles. The van der Waals surface area contributed by atoms with Crippen LogP contribution in [-0.4, -0.2) is 35.0 Å². The highest BCUT2D eigenvalue weighted by Crippen LogP contribution is 2.42. The van der Waals surface area contributed by atoms with Crippen LogP contribution in [0.3, 0.4) is 0 Å². The van der Waals surface area contributed by atoms with Crippen molar-refractivity contribution in [1.82, 2.24) is 4.90 Å². The minimum absolute atomic E-state index is 0.000585. The Hall–Kier alpha value is -4.14. The molecule has 0 aliphatic carbocycles. The third kappa shape index (κ3) is 3.89. The third-order valence-electron chi connectivity index (χ3n) is 6.12. The highest BCUT2D eigenvalue weighted by molar-refractivity contribution is 6.09. The van der Waals surface area contributed by atoms with E-state index in [1.807, 2.05) is 30.3 Å². The highest BCUT2D eigenvalue weighted by Gasteiger charge is 2.33. The number of hydrogen-bond acceptors (Lipinski definition) is 5. The second kappa shape index (κ2) is 8.66. The van der Waals surface area contributed by atoms with Crippen LogP contribution in [0.15, 0.2) is 70.2 Å². The van der Waals surface area contributed by atoms with Crippen LogP contribution in [0.1, 0.15) is 29.0 Å². The van der Waals surface area contributed by atoms with E-state index in [4.69, 9.17) is 20.1 Å². The maximum Gasteiger partial charge on any atom is 0.387 e. The number of likely N-dealkylation sites (tertiary alicyclic amines) is 1. The summed E-state index contributed by atoms with van der Waals surface area (Å²) in [6.07, 6.45) is 0.297. The van der Waals surface area contributed by atoms with Crippen LogP contribution in [0.5, 0.6) is 5.75 Å². The maximum absolute atomic E-state index is 13.0. The summed E-state index contributed by atoms with van der Waals surface area (Å²) in [5, 5.41) is 13.3. The summed E-state index contributed by atoms with van der Waals surface area (Å²) in [5.41, 5.74) is 8.77. The number of hydrogen-bond donors (Lipinski definition) is 2. The number of carbonyl (C=O) groups is 1. The van der Waals surface area contributed by atoms with Gasteiger partial charge >= 0.3 is 6.61 Å². The molecule has 1 unspecified atom stereocenters. The fraction of sp³-hybridized carbons (Fsp3) is 0.200. The van der Waals surface area contributed by atoms with E-state index in [2.05, 4.69) is 5.16 Å². The van der Waals surface area contributed by atoms with E-state index >= 15 is 0 Å². The van der Waals surface area contributed by atoms with E-state index in [0.717, 1.165) is 16.5 Å². The minimum atomic E-state index is -2.98. The molecule has 2 heterocycles. The first-order valence-corrected chi connectivity index (χ1v) is 10.7. The van der Waals surface area contributed by atoms with Gasteiger partial charge in [0.25, 0.3) is 0 Å². The number of fused-ring (bicyclic) bond motifs is 3. The molecule has 7 nitrogen and oxygen atoms in total. The van der Waals surface area contributed by atoms with Gasteiger partial charge in [0.05, 0.1) is 0 Å². The lowest BCUT2D eigenvalue weighted by molar-refractivity contribution is -0.128. The zero-order chi connectivity index (χ0) is 23.8. The highest BCUT2D eigenvalue weighted by atomic mass is 19.3. The lowest BCUT2D eigenvalue weighted by Gasteiger charge is -2.18. The summed E-state index contributed by atoms with van der Waals surface area (Å²) < 4.78 is 36.5. The first-order valence-electron chi connectivity index (χ1n) is 10.7. The molecular weight excluding hydrogens is 444 g/mol. The molecule has 174 valence electrons. The van der Waals surface area contributed by atoms with Crippen molar-refractivity contribution in [3.8, 4) is 5.75 Å². The van der Waals surface area contributed by atoms with E-state index in [1.165, 1.54) is 6.07 Å². The summed E-state index contributed by atoms with van der Waals surface area (Å²) in [6.45, 7) is -2.09. The smallest absolute Gasteiger partial charge is 0.387 e. The predicted octanol–water partition coefficient (Wildman–Crippen LogP) is 4.80. The second-order valence-electron chi connectivity index (χ2n) is 8.19.